The first-order valence-electron chi connectivity index (χ1n) is 8.00. The molecule has 1 amide bonds. The maximum Gasteiger partial charge on any atom is 0.251 e. The Labute approximate surface area is 141 Å². The zero-order valence-corrected chi connectivity index (χ0v) is 13.8. The third-order valence-corrected chi connectivity index (χ3v) is 4.33. The third kappa shape index (κ3) is 3.16. The van der Waals surface area contributed by atoms with Gasteiger partial charge in [0, 0.05) is 17.5 Å². The van der Waals surface area contributed by atoms with Crippen LogP contribution in [-0.2, 0) is 5.41 Å². The monoisotopic (exact) mass is 321 g/mol. The van der Waals surface area contributed by atoms with Crippen LogP contribution in [0.5, 0.6) is 0 Å². The summed E-state index contributed by atoms with van der Waals surface area (Å²) in [6.07, 6.45) is 0. The van der Waals surface area contributed by atoms with Crippen molar-refractivity contribution >= 4 is 16.7 Å². The standard InChI is InChI=1S/C21H20FNO/c1-21(2,18-12-5-6-13-19(18)22)14-23-20(24)17-11-7-9-15-8-3-4-10-16(15)17/h3-13H,14H2,1-2H3,(H,23,24). The molecule has 0 bridgehead atoms. The smallest absolute Gasteiger partial charge is 0.251 e. The first kappa shape index (κ1) is 16.2. The minimum absolute atomic E-state index is 0.142. The molecule has 0 saturated heterocycles. The second-order valence-electron chi connectivity index (χ2n) is 6.57. The van der Waals surface area contributed by atoms with Crippen molar-refractivity contribution in [3.8, 4) is 0 Å². The molecule has 0 spiro atoms. The van der Waals surface area contributed by atoms with Gasteiger partial charge in [0.05, 0.1) is 0 Å². The fourth-order valence-electron chi connectivity index (χ4n) is 2.93. The van der Waals surface area contributed by atoms with Crippen LogP contribution in [0.25, 0.3) is 10.8 Å². The average molecular weight is 321 g/mol. The molecule has 0 heterocycles. The van der Waals surface area contributed by atoms with Crippen LogP contribution < -0.4 is 5.32 Å². The lowest BCUT2D eigenvalue weighted by Gasteiger charge is -2.26. The molecule has 0 aliphatic rings. The van der Waals surface area contributed by atoms with Crippen LogP contribution in [0, 0.1) is 5.82 Å². The first-order chi connectivity index (χ1) is 11.5. The second-order valence-corrected chi connectivity index (χ2v) is 6.57. The van der Waals surface area contributed by atoms with Crippen LogP contribution in [0.4, 0.5) is 4.39 Å². The van der Waals surface area contributed by atoms with Crippen molar-refractivity contribution in [3.05, 3.63) is 83.7 Å². The summed E-state index contributed by atoms with van der Waals surface area (Å²) in [5.74, 6) is -0.391. The van der Waals surface area contributed by atoms with E-state index in [0.29, 0.717) is 17.7 Å². The van der Waals surface area contributed by atoms with E-state index in [4.69, 9.17) is 0 Å². The predicted molar refractivity (Wildman–Crippen MR) is 95.7 cm³/mol. The Morgan fingerprint density at radius 1 is 0.958 bits per heavy atom. The topological polar surface area (TPSA) is 29.1 Å². The number of hydrogen-bond acceptors (Lipinski definition) is 1. The summed E-state index contributed by atoms with van der Waals surface area (Å²) < 4.78 is 14.0. The van der Waals surface area contributed by atoms with Gasteiger partial charge < -0.3 is 5.32 Å². The lowest BCUT2D eigenvalue weighted by Crippen LogP contribution is -2.37. The second kappa shape index (κ2) is 6.44. The van der Waals surface area contributed by atoms with Crippen LogP contribution in [0.3, 0.4) is 0 Å². The van der Waals surface area contributed by atoms with Gasteiger partial charge in [-0.3, -0.25) is 4.79 Å². The van der Waals surface area contributed by atoms with Gasteiger partial charge in [-0.05, 0) is 28.5 Å². The molecule has 24 heavy (non-hydrogen) atoms. The molecule has 3 heteroatoms. The Morgan fingerprint density at radius 2 is 1.62 bits per heavy atom. The van der Waals surface area contributed by atoms with E-state index in [1.54, 1.807) is 12.1 Å². The van der Waals surface area contributed by atoms with Gasteiger partial charge >= 0.3 is 0 Å². The minimum atomic E-state index is -0.494. The van der Waals surface area contributed by atoms with Gasteiger partial charge in [0.2, 0.25) is 0 Å². The van der Waals surface area contributed by atoms with Crippen molar-refractivity contribution in [1.29, 1.82) is 0 Å². The van der Waals surface area contributed by atoms with E-state index in [9.17, 15) is 9.18 Å². The molecule has 0 aliphatic carbocycles. The van der Waals surface area contributed by atoms with Crippen LogP contribution in [0.2, 0.25) is 0 Å². The molecule has 0 aliphatic heterocycles. The molecule has 0 aromatic heterocycles. The molecule has 0 saturated carbocycles. The largest absolute Gasteiger partial charge is 0.351 e. The number of carbonyl (C=O) groups excluding carboxylic acids is 1. The van der Waals surface area contributed by atoms with Crippen LogP contribution in [0.15, 0.2) is 66.7 Å². The van der Waals surface area contributed by atoms with Crippen LogP contribution in [-0.4, -0.2) is 12.5 Å². The van der Waals surface area contributed by atoms with Crippen molar-refractivity contribution in [1.82, 2.24) is 5.32 Å². The van der Waals surface area contributed by atoms with Crippen LogP contribution in [0.1, 0.15) is 29.8 Å². The Morgan fingerprint density at radius 3 is 2.42 bits per heavy atom. The van der Waals surface area contributed by atoms with E-state index < -0.39 is 5.41 Å². The Kier molecular flexibility index (Phi) is 4.34. The summed E-state index contributed by atoms with van der Waals surface area (Å²) in [5, 5.41) is 4.90. The highest BCUT2D eigenvalue weighted by molar-refractivity contribution is 6.07. The SMILES string of the molecule is CC(C)(CNC(=O)c1cccc2ccccc12)c1ccccc1F. The maximum atomic E-state index is 14.0. The zero-order chi connectivity index (χ0) is 17.2. The number of fused-ring (bicyclic) bond motifs is 1. The van der Waals surface area contributed by atoms with Crippen molar-refractivity contribution in [2.24, 2.45) is 0 Å². The average Bonchev–Trinajstić information content (AvgIpc) is 2.59. The summed E-state index contributed by atoms with van der Waals surface area (Å²) in [4.78, 5) is 12.6. The van der Waals surface area contributed by atoms with Gasteiger partial charge in [0.1, 0.15) is 5.82 Å². The Bertz CT molecular complexity index is 880. The minimum Gasteiger partial charge on any atom is -0.351 e. The molecular formula is C21H20FNO. The molecule has 0 unspecified atom stereocenters. The first-order valence-corrected chi connectivity index (χ1v) is 8.00. The van der Waals surface area contributed by atoms with Crippen LogP contribution >= 0.6 is 0 Å². The van der Waals surface area contributed by atoms with Gasteiger partial charge in [-0.2, -0.15) is 0 Å². The van der Waals surface area contributed by atoms with Gasteiger partial charge in [-0.25, -0.2) is 4.39 Å². The third-order valence-electron chi connectivity index (χ3n) is 4.33. The highest BCUT2D eigenvalue weighted by atomic mass is 19.1. The predicted octanol–water partition coefficient (Wildman–Crippen LogP) is 4.69. The fourth-order valence-corrected chi connectivity index (χ4v) is 2.93. The van der Waals surface area contributed by atoms with E-state index in [1.165, 1.54) is 6.07 Å². The van der Waals surface area contributed by atoms with E-state index in [-0.39, 0.29) is 11.7 Å². The van der Waals surface area contributed by atoms with Gasteiger partial charge in [-0.15, -0.1) is 0 Å². The normalized spacial score (nSPS) is 11.5. The molecule has 0 radical (unpaired) electrons. The maximum absolute atomic E-state index is 14.0. The summed E-state index contributed by atoms with van der Waals surface area (Å²) in [5.41, 5.74) is 0.742. The van der Waals surface area contributed by atoms with E-state index in [2.05, 4.69) is 5.32 Å². The van der Waals surface area contributed by atoms with Gasteiger partial charge in [0.25, 0.3) is 5.91 Å². The van der Waals surface area contributed by atoms with Crippen molar-refractivity contribution in [3.63, 3.8) is 0 Å². The van der Waals surface area contributed by atoms with E-state index in [0.717, 1.165) is 10.8 Å². The molecule has 1 N–H and O–H groups in total. The molecule has 2 nitrogen and oxygen atoms in total. The van der Waals surface area contributed by atoms with Crippen molar-refractivity contribution in [2.75, 3.05) is 6.54 Å². The van der Waals surface area contributed by atoms with Crippen molar-refractivity contribution < 1.29 is 9.18 Å². The van der Waals surface area contributed by atoms with Gasteiger partial charge in [0.15, 0.2) is 0 Å². The number of benzene rings is 3. The number of nitrogens with one attached hydrogen (secondary N) is 1. The zero-order valence-electron chi connectivity index (χ0n) is 13.8. The quantitative estimate of drug-likeness (QED) is 0.742. The summed E-state index contributed by atoms with van der Waals surface area (Å²) in [6, 6.07) is 20.1. The molecule has 3 aromatic carbocycles. The lowest BCUT2D eigenvalue weighted by atomic mass is 9.84. The van der Waals surface area contributed by atoms with Gasteiger partial charge in [-0.1, -0.05) is 68.4 Å². The molecule has 3 aromatic rings. The van der Waals surface area contributed by atoms with E-state index in [1.807, 2.05) is 62.4 Å². The highest BCUT2D eigenvalue weighted by Gasteiger charge is 2.25. The lowest BCUT2D eigenvalue weighted by molar-refractivity contribution is 0.0947. The molecule has 0 atom stereocenters. The van der Waals surface area contributed by atoms with Crippen molar-refractivity contribution in [2.45, 2.75) is 19.3 Å². The molecule has 3 rings (SSSR count). The summed E-state index contributed by atoms with van der Waals surface area (Å²) >= 11 is 0. The number of carbonyl (C=O) groups is 1. The molecule has 0 fully saturated rings. The highest BCUT2D eigenvalue weighted by Crippen LogP contribution is 2.25. The number of hydrogen-bond donors (Lipinski definition) is 1. The number of amides is 1. The Balaban J connectivity index is 1.81. The molecule has 122 valence electrons. The fraction of sp³-hybridized carbons (Fsp3) is 0.190. The van der Waals surface area contributed by atoms with E-state index >= 15 is 0 Å². The number of halogens is 1. The number of rotatable bonds is 4. The molecular weight excluding hydrogens is 301 g/mol. The Hall–Kier alpha value is -2.68. The summed E-state index contributed by atoms with van der Waals surface area (Å²) in [7, 11) is 0. The summed E-state index contributed by atoms with van der Waals surface area (Å²) in [6.45, 7) is 4.21.